The highest BCUT2D eigenvalue weighted by atomic mass is 35.5. The lowest BCUT2D eigenvalue weighted by molar-refractivity contribution is 0.289. The van der Waals surface area contributed by atoms with Crippen LogP contribution in [0.25, 0.3) is 0 Å². The van der Waals surface area contributed by atoms with Crippen LogP contribution in [0, 0.1) is 11.6 Å². The van der Waals surface area contributed by atoms with Gasteiger partial charge < -0.3 is 10.5 Å². The Morgan fingerprint density at radius 3 is 2.60 bits per heavy atom. The second-order valence-corrected chi connectivity index (χ2v) is 4.74. The van der Waals surface area contributed by atoms with E-state index >= 15 is 0 Å². The molecule has 0 saturated heterocycles. The van der Waals surface area contributed by atoms with Crippen LogP contribution in [0.1, 0.15) is 11.1 Å². The van der Waals surface area contributed by atoms with Crippen LogP contribution in [0.2, 0.25) is 5.02 Å². The highest BCUT2D eigenvalue weighted by Crippen LogP contribution is 2.22. The van der Waals surface area contributed by atoms with Gasteiger partial charge in [-0.05, 0) is 48.9 Å². The molecular formula is C15H14ClF2NO. The third kappa shape index (κ3) is 3.68. The van der Waals surface area contributed by atoms with Crippen LogP contribution >= 0.6 is 11.6 Å². The molecule has 2 aromatic rings. The van der Waals surface area contributed by atoms with Crippen LogP contribution in [0.5, 0.6) is 5.75 Å². The molecule has 106 valence electrons. The van der Waals surface area contributed by atoms with Crippen LogP contribution in [0.4, 0.5) is 8.78 Å². The maximum Gasteiger partial charge on any atom is 0.165 e. The maximum absolute atomic E-state index is 13.8. The third-order valence-electron chi connectivity index (χ3n) is 2.82. The molecule has 0 saturated carbocycles. The quantitative estimate of drug-likeness (QED) is 0.913. The number of ether oxygens (including phenoxy) is 1. The maximum atomic E-state index is 13.8. The molecule has 0 amide bonds. The molecule has 0 unspecified atom stereocenters. The Kier molecular flexibility index (Phi) is 4.93. The molecule has 0 aliphatic heterocycles. The van der Waals surface area contributed by atoms with Crippen molar-refractivity contribution in [2.75, 3.05) is 6.54 Å². The lowest BCUT2D eigenvalue weighted by atomic mass is 10.1. The van der Waals surface area contributed by atoms with Crippen molar-refractivity contribution in [3.63, 3.8) is 0 Å². The van der Waals surface area contributed by atoms with Crippen LogP contribution in [0.3, 0.4) is 0 Å². The van der Waals surface area contributed by atoms with Gasteiger partial charge in [0.05, 0.1) is 0 Å². The molecule has 0 aliphatic carbocycles. The predicted octanol–water partition coefficient (Wildman–Crippen LogP) is 3.70. The zero-order chi connectivity index (χ0) is 14.5. The number of benzene rings is 2. The summed E-state index contributed by atoms with van der Waals surface area (Å²) in [5.74, 6) is -0.777. The van der Waals surface area contributed by atoms with Crippen molar-refractivity contribution in [3.8, 4) is 5.75 Å². The SMILES string of the molecule is NCCc1ccc(OCc2cc(F)ccc2Cl)c(F)c1. The smallest absolute Gasteiger partial charge is 0.165 e. The molecule has 0 radical (unpaired) electrons. The number of halogens is 3. The van der Waals surface area contributed by atoms with Gasteiger partial charge in [-0.1, -0.05) is 17.7 Å². The number of hydrogen-bond acceptors (Lipinski definition) is 2. The minimum atomic E-state index is -0.469. The van der Waals surface area contributed by atoms with E-state index in [9.17, 15) is 8.78 Å². The Bertz CT molecular complexity index is 604. The summed E-state index contributed by atoms with van der Waals surface area (Å²) in [5, 5.41) is 0.381. The summed E-state index contributed by atoms with van der Waals surface area (Å²) >= 11 is 5.91. The summed E-state index contributed by atoms with van der Waals surface area (Å²) in [6, 6.07) is 8.63. The molecular weight excluding hydrogens is 284 g/mol. The molecule has 5 heteroatoms. The normalized spacial score (nSPS) is 10.6. The third-order valence-corrected chi connectivity index (χ3v) is 3.19. The average molecular weight is 298 g/mol. The van der Waals surface area contributed by atoms with Gasteiger partial charge in [0.1, 0.15) is 12.4 Å². The van der Waals surface area contributed by atoms with Crippen LogP contribution < -0.4 is 10.5 Å². The van der Waals surface area contributed by atoms with E-state index in [2.05, 4.69) is 0 Å². The van der Waals surface area contributed by atoms with E-state index in [1.54, 1.807) is 6.07 Å². The molecule has 0 heterocycles. The molecule has 2 N–H and O–H groups in total. The van der Waals surface area contributed by atoms with Crippen molar-refractivity contribution in [3.05, 3.63) is 64.2 Å². The Balaban J connectivity index is 2.09. The first-order chi connectivity index (χ1) is 9.60. The first kappa shape index (κ1) is 14.8. The molecule has 2 aromatic carbocycles. The van der Waals surface area contributed by atoms with Crippen molar-refractivity contribution >= 4 is 11.6 Å². The first-order valence-corrected chi connectivity index (χ1v) is 6.53. The van der Waals surface area contributed by atoms with Gasteiger partial charge in [-0.15, -0.1) is 0 Å². The summed E-state index contributed by atoms with van der Waals surface area (Å²) in [6.07, 6.45) is 0.604. The topological polar surface area (TPSA) is 35.2 Å². The van der Waals surface area contributed by atoms with Gasteiger partial charge in [0.15, 0.2) is 11.6 Å². The average Bonchev–Trinajstić information content (AvgIpc) is 2.42. The van der Waals surface area contributed by atoms with Gasteiger partial charge in [0.25, 0.3) is 0 Å². The molecule has 0 aromatic heterocycles. The van der Waals surface area contributed by atoms with E-state index in [4.69, 9.17) is 22.1 Å². The Labute approximate surface area is 121 Å². The van der Waals surface area contributed by atoms with Crippen molar-refractivity contribution in [2.45, 2.75) is 13.0 Å². The Morgan fingerprint density at radius 1 is 1.10 bits per heavy atom. The van der Waals surface area contributed by atoms with Crippen molar-refractivity contribution < 1.29 is 13.5 Å². The first-order valence-electron chi connectivity index (χ1n) is 6.15. The predicted molar refractivity (Wildman–Crippen MR) is 74.9 cm³/mol. The zero-order valence-corrected chi connectivity index (χ0v) is 11.5. The van der Waals surface area contributed by atoms with Crippen LogP contribution in [-0.2, 0) is 13.0 Å². The number of hydrogen-bond donors (Lipinski definition) is 1. The lowest BCUT2D eigenvalue weighted by Gasteiger charge is -2.10. The standard InChI is InChI=1S/C15H14ClF2NO/c16-13-3-2-12(17)8-11(13)9-20-15-4-1-10(5-6-19)7-14(15)18/h1-4,7-8H,5-6,9,19H2. The summed E-state index contributed by atoms with van der Waals surface area (Å²) in [6.45, 7) is 0.461. The van der Waals surface area contributed by atoms with Gasteiger partial charge in [0, 0.05) is 10.6 Å². The molecule has 2 rings (SSSR count). The zero-order valence-electron chi connectivity index (χ0n) is 10.7. The second-order valence-electron chi connectivity index (χ2n) is 4.33. The van der Waals surface area contributed by atoms with E-state index in [-0.39, 0.29) is 12.4 Å². The van der Waals surface area contributed by atoms with Gasteiger partial charge in [0.2, 0.25) is 0 Å². The van der Waals surface area contributed by atoms with Gasteiger partial charge in [-0.25, -0.2) is 8.78 Å². The fourth-order valence-corrected chi connectivity index (χ4v) is 1.97. The van der Waals surface area contributed by atoms with Crippen molar-refractivity contribution in [1.29, 1.82) is 0 Å². The van der Waals surface area contributed by atoms with E-state index in [1.165, 1.54) is 30.3 Å². The molecule has 0 spiro atoms. The second kappa shape index (κ2) is 6.68. The molecule has 0 fully saturated rings. The fourth-order valence-electron chi connectivity index (χ4n) is 1.79. The largest absolute Gasteiger partial charge is 0.486 e. The summed E-state index contributed by atoms with van der Waals surface area (Å²) in [7, 11) is 0. The molecule has 0 atom stereocenters. The summed E-state index contributed by atoms with van der Waals surface area (Å²) in [5.41, 5.74) is 6.69. The van der Waals surface area contributed by atoms with E-state index < -0.39 is 11.6 Å². The van der Waals surface area contributed by atoms with E-state index in [0.29, 0.717) is 23.6 Å². The molecule has 2 nitrogen and oxygen atoms in total. The van der Waals surface area contributed by atoms with Crippen LogP contribution in [0.15, 0.2) is 36.4 Å². The summed E-state index contributed by atoms with van der Waals surface area (Å²) < 4.78 is 32.2. The fraction of sp³-hybridized carbons (Fsp3) is 0.200. The molecule has 0 aliphatic rings. The minimum absolute atomic E-state index is 0.00372. The van der Waals surface area contributed by atoms with Crippen molar-refractivity contribution in [2.24, 2.45) is 5.73 Å². The highest BCUT2D eigenvalue weighted by Gasteiger charge is 2.07. The number of rotatable bonds is 5. The van der Waals surface area contributed by atoms with Gasteiger partial charge in [-0.2, -0.15) is 0 Å². The monoisotopic (exact) mass is 297 g/mol. The minimum Gasteiger partial charge on any atom is -0.486 e. The van der Waals surface area contributed by atoms with E-state index in [0.717, 1.165) is 5.56 Å². The van der Waals surface area contributed by atoms with Gasteiger partial charge >= 0.3 is 0 Å². The number of nitrogens with two attached hydrogens (primary N) is 1. The molecule has 20 heavy (non-hydrogen) atoms. The Morgan fingerprint density at radius 2 is 1.90 bits per heavy atom. The van der Waals surface area contributed by atoms with Crippen molar-refractivity contribution in [1.82, 2.24) is 0 Å². The molecule has 0 bridgehead atoms. The summed E-state index contributed by atoms with van der Waals surface area (Å²) in [4.78, 5) is 0. The van der Waals surface area contributed by atoms with Gasteiger partial charge in [-0.3, -0.25) is 0 Å². The van der Waals surface area contributed by atoms with Crippen LogP contribution in [-0.4, -0.2) is 6.54 Å². The lowest BCUT2D eigenvalue weighted by Crippen LogP contribution is -2.04. The Hall–Kier alpha value is -1.65. The highest BCUT2D eigenvalue weighted by molar-refractivity contribution is 6.31. The van der Waals surface area contributed by atoms with E-state index in [1.807, 2.05) is 0 Å².